The first-order valence-electron chi connectivity index (χ1n) is 5.79. The quantitative estimate of drug-likeness (QED) is 0.827. The molecule has 0 saturated heterocycles. The summed E-state index contributed by atoms with van der Waals surface area (Å²) in [7, 11) is 1.94. The summed E-state index contributed by atoms with van der Waals surface area (Å²) in [5.74, 6) is 1.09. The molecule has 0 saturated carbocycles. The van der Waals surface area contributed by atoms with Gasteiger partial charge >= 0.3 is 5.97 Å². The standard InChI is InChI=1S/C13H21NO3/c1-10-5-6-11(17-10)7-8-14(4)13(2,3)9-12(15)16/h5-6H,7-9H2,1-4H3,(H,15,16). The number of likely N-dealkylation sites (N-methyl/N-ethyl adjacent to an activating group) is 1. The summed E-state index contributed by atoms with van der Waals surface area (Å²) in [5.41, 5.74) is -0.340. The van der Waals surface area contributed by atoms with Crippen molar-refractivity contribution in [2.75, 3.05) is 13.6 Å². The molecule has 4 heteroatoms. The third-order valence-corrected chi connectivity index (χ3v) is 3.11. The number of aryl methyl sites for hydroxylation is 1. The Labute approximate surface area is 102 Å². The zero-order valence-electron chi connectivity index (χ0n) is 11.0. The number of aliphatic carboxylic acids is 1. The van der Waals surface area contributed by atoms with E-state index in [1.807, 2.05) is 40.0 Å². The van der Waals surface area contributed by atoms with E-state index in [9.17, 15) is 4.79 Å². The lowest BCUT2D eigenvalue weighted by molar-refractivity contribution is -0.139. The number of hydrogen-bond acceptors (Lipinski definition) is 3. The van der Waals surface area contributed by atoms with E-state index >= 15 is 0 Å². The van der Waals surface area contributed by atoms with E-state index < -0.39 is 5.97 Å². The van der Waals surface area contributed by atoms with Crippen LogP contribution in [-0.2, 0) is 11.2 Å². The van der Waals surface area contributed by atoms with Crippen LogP contribution >= 0.6 is 0 Å². The molecule has 96 valence electrons. The minimum Gasteiger partial charge on any atom is -0.481 e. The zero-order valence-corrected chi connectivity index (χ0v) is 11.0. The first-order chi connectivity index (χ1) is 7.81. The molecule has 1 aromatic heterocycles. The van der Waals surface area contributed by atoms with Crippen LogP contribution in [0.1, 0.15) is 31.8 Å². The van der Waals surface area contributed by atoms with Crippen LogP contribution in [0.5, 0.6) is 0 Å². The summed E-state index contributed by atoms with van der Waals surface area (Å²) in [5, 5.41) is 8.84. The van der Waals surface area contributed by atoms with Gasteiger partial charge in [0.25, 0.3) is 0 Å². The second-order valence-corrected chi connectivity index (χ2v) is 5.07. The monoisotopic (exact) mass is 239 g/mol. The van der Waals surface area contributed by atoms with Gasteiger partial charge in [0, 0.05) is 18.5 Å². The molecule has 4 nitrogen and oxygen atoms in total. The van der Waals surface area contributed by atoms with Gasteiger partial charge in [0.1, 0.15) is 11.5 Å². The highest BCUT2D eigenvalue weighted by atomic mass is 16.4. The summed E-state index contributed by atoms with van der Waals surface area (Å²) in [6.45, 7) is 6.58. The molecule has 0 aromatic carbocycles. The summed E-state index contributed by atoms with van der Waals surface area (Å²) in [6, 6.07) is 3.91. The molecular weight excluding hydrogens is 218 g/mol. The Bertz CT molecular complexity index is 382. The maximum atomic E-state index is 10.8. The number of hydrogen-bond donors (Lipinski definition) is 1. The van der Waals surface area contributed by atoms with Crippen LogP contribution in [0.15, 0.2) is 16.5 Å². The zero-order chi connectivity index (χ0) is 13.1. The fourth-order valence-electron chi connectivity index (χ4n) is 1.71. The summed E-state index contributed by atoms with van der Waals surface area (Å²) in [6.07, 6.45) is 0.939. The Morgan fingerprint density at radius 3 is 2.59 bits per heavy atom. The molecule has 0 amide bonds. The smallest absolute Gasteiger partial charge is 0.305 e. The molecule has 1 heterocycles. The first-order valence-corrected chi connectivity index (χ1v) is 5.79. The average Bonchev–Trinajstić information content (AvgIpc) is 2.58. The molecule has 17 heavy (non-hydrogen) atoms. The Hall–Kier alpha value is -1.29. The molecule has 0 aliphatic heterocycles. The Morgan fingerprint density at radius 2 is 2.12 bits per heavy atom. The molecule has 1 N–H and O–H groups in total. The highest BCUT2D eigenvalue weighted by Gasteiger charge is 2.26. The van der Waals surface area contributed by atoms with E-state index in [4.69, 9.17) is 9.52 Å². The van der Waals surface area contributed by atoms with Crippen molar-refractivity contribution in [1.82, 2.24) is 4.90 Å². The molecule has 0 bridgehead atoms. The second kappa shape index (κ2) is 5.36. The highest BCUT2D eigenvalue weighted by molar-refractivity contribution is 5.68. The number of furan rings is 1. The van der Waals surface area contributed by atoms with Crippen LogP contribution in [0.2, 0.25) is 0 Å². The van der Waals surface area contributed by atoms with Crippen molar-refractivity contribution in [3.8, 4) is 0 Å². The number of carboxylic acid groups (broad SMARTS) is 1. The van der Waals surface area contributed by atoms with Gasteiger partial charge in [-0.1, -0.05) is 0 Å². The molecule has 0 radical (unpaired) electrons. The summed E-state index contributed by atoms with van der Waals surface area (Å²) in [4.78, 5) is 12.8. The third-order valence-electron chi connectivity index (χ3n) is 3.11. The van der Waals surface area contributed by atoms with Crippen molar-refractivity contribution in [3.05, 3.63) is 23.7 Å². The SMILES string of the molecule is Cc1ccc(CCN(C)C(C)(C)CC(=O)O)o1. The van der Waals surface area contributed by atoms with Gasteiger partial charge in [-0.3, -0.25) is 4.79 Å². The Balaban J connectivity index is 2.48. The lowest BCUT2D eigenvalue weighted by Crippen LogP contribution is -2.43. The van der Waals surface area contributed by atoms with Gasteiger partial charge in [0.15, 0.2) is 0 Å². The van der Waals surface area contributed by atoms with Crippen molar-refractivity contribution in [2.24, 2.45) is 0 Å². The molecule has 1 aromatic rings. The lowest BCUT2D eigenvalue weighted by Gasteiger charge is -2.34. The van der Waals surface area contributed by atoms with Crippen LogP contribution in [0, 0.1) is 6.92 Å². The van der Waals surface area contributed by atoms with Gasteiger partial charge in [-0.2, -0.15) is 0 Å². The van der Waals surface area contributed by atoms with Crippen molar-refractivity contribution in [2.45, 2.75) is 39.2 Å². The van der Waals surface area contributed by atoms with Crippen LogP contribution < -0.4 is 0 Å². The predicted molar refractivity (Wildman–Crippen MR) is 66.1 cm³/mol. The summed E-state index contributed by atoms with van der Waals surface area (Å²) < 4.78 is 5.48. The number of carboxylic acids is 1. The molecule has 0 unspecified atom stereocenters. The van der Waals surface area contributed by atoms with Crippen LogP contribution in [0.25, 0.3) is 0 Å². The Kier molecular flexibility index (Phi) is 4.34. The van der Waals surface area contributed by atoms with E-state index in [-0.39, 0.29) is 12.0 Å². The van der Waals surface area contributed by atoms with Crippen molar-refractivity contribution >= 4 is 5.97 Å². The third kappa shape index (κ3) is 4.23. The van der Waals surface area contributed by atoms with Gasteiger partial charge in [-0.05, 0) is 40.0 Å². The van der Waals surface area contributed by atoms with Crippen molar-refractivity contribution < 1.29 is 14.3 Å². The topological polar surface area (TPSA) is 53.7 Å². The van der Waals surface area contributed by atoms with Gasteiger partial charge in [0.2, 0.25) is 0 Å². The van der Waals surface area contributed by atoms with Crippen LogP contribution in [-0.4, -0.2) is 35.1 Å². The van der Waals surface area contributed by atoms with Crippen LogP contribution in [0.4, 0.5) is 0 Å². The average molecular weight is 239 g/mol. The van der Waals surface area contributed by atoms with E-state index in [0.29, 0.717) is 0 Å². The van der Waals surface area contributed by atoms with E-state index in [1.165, 1.54) is 0 Å². The molecular formula is C13H21NO3. The van der Waals surface area contributed by atoms with Crippen molar-refractivity contribution in [1.29, 1.82) is 0 Å². The molecule has 0 spiro atoms. The second-order valence-electron chi connectivity index (χ2n) is 5.07. The lowest BCUT2D eigenvalue weighted by atomic mass is 9.98. The molecule has 0 aliphatic carbocycles. The minimum atomic E-state index is -0.768. The number of rotatable bonds is 6. The van der Waals surface area contributed by atoms with Crippen molar-refractivity contribution in [3.63, 3.8) is 0 Å². The van der Waals surface area contributed by atoms with Gasteiger partial charge in [-0.15, -0.1) is 0 Å². The van der Waals surface area contributed by atoms with Crippen LogP contribution in [0.3, 0.4) is 0 Å². The molecule has 0 aliphatic rings. The summed E-state index contributed by atoms with van der Waals surface area (Å²) >= 11 is 0. The van der Waals surface area contributed by atoms with E-state index in [1.54, 1.807) is 0 Å². The van der Waals surface area contributed by atoms with Gasteiger partial charge < -0.3 is 14.4 Å². The highest BCUT2D eigenvalue weighted by Crippen LogP contribution is 2.18. The fraction of sp³-hybridized carbons (Fsp3) is 0.615. The minimum absolute atomic E-state index is 0.140. The van der Waals surface area contributed by atoms with E-state index in [2.05, 4.69) is 4.90 Å². The fourth-order valence-corrected chi connectivity index (χ4v) is 1.71. The molecule has 1 rings (SSSR count). The largest absolute Gasteiger partial charge is 0.481 e. The molecule has 0 atom stereocenters. The number of nitrogens with zero attached hydrogens (tertiary/aromatic N) is 1. The molecule has 0 fully saturated rings. The van der Waals surface area contributed by atoms with Gasteiger partial charge in [0.05, 0.1) is 6.42 Å². The maximum Gasteiger partial charge on any atom is 0.305 e. The maximum absolute atomic E-state index is 10.8. The number of carbonyl (C=O) groups is 1. The van der Waals surface area contributed by atoms with E-state index in [0.717, 1.165) is 24.5 Å². The normalized spacial score (nSPS) is 12.1. The van der Waals surface area contributed by atoms with Gasteiger partial charge in [-0.25, -0.2) is 0 Å². The Morgan fingerprint density at radius 1 is 1.47 bits per heavy atom. The first kappa shape index (κ1) is 13.8. The predicted octanol–water partition coefficient (Wildman–Crippen LogP) is 2.32.